The van der Waals surface area contributed by atoms with Gasteiger partial charge in [-0.2, -0.15) is 11.8 Å². The van der Waals surface area contributed by atoms with Crippen molar-refractivity contribution in [3.05, 3.63) is 0 Å². The molecule has 1 N–H and O–H groups in total. The van der Waals surface area contributed by atoms with Crippen LogP contribution in [0, 0.1) is 5.92 Å². The minimum Gasteiger partial charge on any atom is -0.469 e. The van der Waals surface area contributed by atoms with Gasteiger partial charge in [0.2, 0.25) is 0 Å². The van der Waals surface area contributed by atoms with E-state index in [4.69, 9.17) is 9.47 Å². The lowest BCUT2D eigenvalue weighted by atomic mass is 9.76. The molecule has 0 aromatic rings. The first-order valence-corrected chi connectivity index (χ1v) is 10.0. The first-order chi connectivity index (χ1) is 12.0. The lowest BCUT2D eigenvalue weighted by molar-refractivity contribution is -0.148. The van der Waals surface area contributed by atoms with E-state index >= 15 is 0 Å². The molecule has 3 rings (SSSR count). The van der Waals surface area contributed by atoms with Crippen molar-refractivity contribution in [2.45, 2.75) is 48.8 Å². The summed E-state index contributed by atoms with van der Waals surface area (Å²) in [4.78, 5) is 38.7. The third kappa shape index (κ3) is 3.38. The number of amides is 3. The SMILES string of the molecule is COC(=O)C1CCC2(CC1)NC(=O)N(CC1(SC)CCOCC1)C2=O. The number of methoxy groups -OCH3 is 1. The molecule has 0 aromatic carbocycles. The van der Waals surface area contributed by atoms with E-state index in [9.17, 15) is 14.4 Å². The number of nitrogens with zero attached hydrogens (tertiary/aromatic N) is 1. The highest BCUT2D eigenvalue weighted by molar-refractivity contribution is 8.00. The highest BCUT2D eigenvalue weighted by Gasteiger charge is 2.54. The molecule has 2 saturated heterocycles. The molecule has 7 nitrogen and oxygen atoms in total. The van der Waals surface area contributed by atoms with Crippen LogP contribution in [0.2, 0.25) is 0 Å². The maximum Gasteiger partial charge on any atom is 0.325 e. The molecule has 1 aliphatic carbocycles. The van der Waals surface area contributed by atoms with Crippen LogP contribution < -0.4 is 5.32 Å². The van der Waals surface area contributed by atoms with Crippen LogP contribution in [0.25, 0.3) is 0 Å². The molecule has 0 bridgehead atoms. The highest BCUT2D eigenvalue weighted by atomic mass is 32.2. The summed E-state index contributed by atoms with van der Waals surface area (Å²) in [5, 5.41) is 2.92. The summed E-state index contributed by atoms with van der Waals surface area (Å²) in [6.45, 7) is 1.75. The molecule has 8 heteroatoms. The van der Waals surface area contributed by atoms with Crippen molar-refractivity contribution >= 4 is 29.7 Å². The van der Waals surface area contributed by atoms with Crippen LogP contribution in [-0.2, 0) is 19.1 Å². The topological polar surface area (TPSA) is 84.9 Å². The Kier molecular flexibility index (Phi) is 5.29. The van der Waals surface area contributed by atoms with Crippen LogP contribution in [-0.4, -0.2) is 66.2 Å². The van der Waals surface area contributed by atoms with Gasteiger partial charge in [0.1, 0.15) is 5.54 Å². The first kappa shape index (κ1) is 18.5. The van der Waals surface area contributed by atoms with E-state index in [1.165, 1.54) is 12.0 Å². The van der Waals surface area contributed by atoms with Gasteiger partial charge in [-0.1, -0.05) is 0 Å². The van der Waals surface area contributed by atoms with Crippen LogP contribution >= 0.6 is 11.8 Å². The Morgan fingerprint density at radius 2 is 1.92 bits per heavy atom. The Hall–Kier alpha value is -1.28. The fraction of sp³-hybridized carbons (Fsp3) is 0.824. The number of esters is 1. The van der Waals surface area contributed by atoms with Crippen molar-refractivity contribution in [3.8, 4) is 0 Å². The Balaban J connectivity index is 1.69. The molecule has 3 amide bonds. The number of carbonyl (C=O) groups excluding carboxylic acids is 3. The highest BCUT2D eigenvalue weighted by Crippen LogP contribution is 2.40. The fourth-order valence-electron chi connectivity index (χ4n) is 4.13. The quantitative estimate of drug-likeness (QED) is 0.597. The first-order valence-electron chi connectivity index (χ1n) is 8.80. The normalized spacial score (nSPS) is 31.9. The van der Waals surface area contributed by atoms with Crippen LogP contribution in [0.4, 0.5) is 4.79 Å². The maximum absolute atomic E-state index is 13.1. The van der Waals surface area contributed by atoms with E-state index < -0.39 is 5.54 Å². The van der Waals surface area contributed by atoms with Crippen molar-refractivity contribution in [3.63, 3.8) is 0 Å². The predicted octanol–water partition coefficient (Wildman–Crippen LogP) is 1.55. The molecule has 0 atom stereocenters. The summed E-state index contributed by atoms with van der Waals surface area (Å²) in [6, 6.07) is -0.304. The molecule has 1 saturated carbocycles. The third-order valence-corrected chi connectivity index (χ3v) is 7.31. The summed E-state index contributed by atoms with van der Waals surface area (Å²) in [7, 11) is 1.38. The van der Waals surface area contributed by atoms with Crippen LogP contribution in [0.5, 0.6) is 0 Å². The monoisotopic (exact) mass is 370 g/mol. The minimum atomic E-state index is -0.841. The largest absolute Gasteiger partial charge is 0.469 e. The van der Waals surface area contributed by atoms with Gasteiger partial charge >= 0.3 is 12.0 Å². The number of hydrogen-bond donors (Lipinski definition) is 1. The summed E-state index contributed by atoms with van der Waals surface area (Å²) in [6.07, 6.45) is 5.81. The number of nitrogens with one attached hydrogen (secondary N) is 1. The molecule has 0 unspecified atom stereocenters. The van der Waals surface area contributed by atoms with Gasteiger partial charge in [0.05, 0.1) is 13.0 Å². The van der Waals surface area contributed by atoms with E-state index in [0.717, 1.165) is 12.8 Å². The third-order valence-electron chi connectivity index (χ3n) is 5.90. The van der Waals surface area contributed by atoms with E-state index in [2.05, 4.69) is 5.32 Å². The van der Waals surface area contributed by atoms with Gasteiger partial charge in [-0.05, 0) is 44.8 Å². The average Bonchev–Trinajstić information content (AvgIpc) is 2.86. The molecule has 0 radical (unpaired) electrons. The Morgan fingerprint density at radius 3 is 2.48 bits per heavy atom. The van der Waals surface area contributed by atoms with E-state index in [-0.39, 0.29) is 28.6 Å². The lowest BCUT2D eigenvalue weighted by Crippen LogP contribution is -2.51. The summed E-state index contributed by atoms with van der Waals surface area (Å²) in [5.74, 6) is -0.546. The summed E-state index contributed by atoms with van der Waals surface area (Å²) >= 11 is 1.71. The predicted molar refractivity (Wildman–Crippen MR) is 93.2 cm³/mol. The number of imide groups is 1. The molecular weight excluding hydrogens is 344 g/mol. The number of rotatable bonds is 4. The molecular formula is C17H26N2O5S. The molecule has 2 heterocycles. The zero-order valence-corrected chi connectivity index (χ0v) is 15.7. The molecule has 25 heavy (non-hydrogen) atoms. The van der Waals surface area contributed by atoms with Crippen molar-refractivity contribution in [2.24, 2.45) is 5.92 Å². The number of carbonyl (C=O) groups is 3. The molecule has 3 fully saturated rings. The second-order valence-corrected chi connectivity index (χ2v) is 8.47. The van der Waals surface area contributed by atoms with Gasteiger partial charge in [-0.15, -0.1) is 0 Å². The smallest absolute Gasteiger partial charge is 0.325 e. The van der Waals surface area contributed by atoms with E-state index in [0.29, 0.717) is 45.4 Å². The molecule has 1 spiro atoms. The van der Waals surface area contributed by atoms with Crippen molar-refractivity contribution in [1.82, 2.24) is 10.2 Å². The van der Waals surface area contributed by atoms with Crippen molar-refractivity contribution < 1.29 is 23.9 Å². The van der Waals surface area contributed by atoms with E-state index in [1.54, 1.807) is 11.8 Å². The van der Waals surface area contributed by atoms with Crippen molar-refractivity contribution in [2.75, 3.05) is 33.1 Å². The fourth-order valence-corrected chi connectivity index (χ4v) is 4.96. The maximum atomic E-state index is 13.1. The van der Waals surface area contributed by atoms with Crippen LogP contribution in [0.1, 0.15) is 38.5 Å². The average molecular weight is 370 g/mol. The molecule has 140 valence electrons. The second-order valence-electron chi connectivity index (χ2n) is 7.20. The van der Waals surface area contributed by atoms with Gasteiger partial charge in [-0.3, -0.25) is 14.5 Å². The number of urea groups is 1. The van der Waals surface area contributed by atoms with Gasteiger partial charge in [-0.25, -0.2) is 4.79 Å². The summed E-state index contributed by atoms with van der Waals surface area (Å²) in [5.41, 5.74) is -0.841. The number of hydrogen-bond acceptors (Lipinski definition) is 6. The van der Waals surface area contributed by atoms with Crippen LogP contribution in [0.3, 0.4) is 0 Å². The zero-order valence-electron chi connectivity index (χ0n) is 14.8. The van der Waals surface area contributed by atoms with Crippen molar-refractivity contribution in [1.29, 1.82) is 0 Å². The number of thioether (sulfide) groups is 1. The molecule has 2 aliphatic heterocycles. The number of ether oxygens (including phenoxy) is 2. The minimum absolute atomic E-state index is 0.125. The second kappa shape index (κ2) is 7.15. The molecule has 0 aromatic heterocycles. The van der Waals surface area contributed by atoms with Gasteiger partial charge < -0.3 is 14.8 Å². The van der Waals surface area contributed by atoms with Gasteiger partial charge in [0.25, 0.3) is 5.91 Å². The Labute approximate surface area is 152 Å². The summed E-state index contributed by atoms with van der Waals surface area (Å²) < 4.78 is 10.1. The van der Waals surface area contributed by atoms with Crippen LogP contribution in [0.15, 0.2) is 0 Å². The Bertz CT molecular complexity index is 553. The van der Waals surface area contributed by atoms with Gasteiger partial charge in [0.15, 0.2) is 0 Å². The van der Waals surface area contributed by atoms with E-state index in [1.807, 2.05) is 6.26 Å². The zero-order chi connectivity index (χ0) is 18.1. The Morgan fingerprint density at radius 1 is 1.28 bits per heavy atom. The standard InChI is InChI=1S/C17H26N2O5S/c1-23-13(20)12-3-5-17(6-4-12)14(21)19(15(22)18-17)11-16(25-2)7-9-24-10-8-16/h12H,3-11H2,1-2H3,(H,18,22). The molecule has 3 aliphatic rings. The van der Waals surface area contributed by atoms with Gasteiger partial charge in [0, 0.05) is 24.5 Å². The lowest BCUT2D eigenvalue weighted by Gasteiger charge is -2.38.